The van der Waals surface area contributed by atoms with Gasteiger partial charge in [0, 0.05) is 23.2 Å². The summed E-state index contributed by atoms with van der Waals surface area (Å²) in [6.45, 7) is 8.51. The van der Waals surface area contributed by atoms with Crippen LogP contribution in [0.4, 0.5) is 5.69 Å². The Morgan fingerprint density at radius 2 is 2.04 bits per heavy atom. The van der Waals surface area contributed by atoms with Crippen molar-refractivity contribution in [2.24, 2.45) is 16.7 Å². The third kappa shape index (κ3) is 2.17. The van der Waals surface area contributed by atoms with E-state index in [9.17, 15) is 14.9 Å². The quantitative estimate of drug-likeness (QED) is 0.680. The third-order valence-corrected chi connectivity index (χ3v) is 6.85. The number of nitrogens with one attached hydrogen (secondary N) is 1. The first-order valence-corrected chi connectivity index (χ1v) is 8.23. The maximum absolute atomic E-state index is 12.7. The molecule has 2 bridgehead atoms. The predicted molar refractivity (Wildman–Crippen MR) is 88.3 cm³/mol. The highest BCUT2D eigenvalue weighted by Crippen LogP contribution is 2.65. The lowest BCUT2D eigenvalue weighted by Gasteiger charge is -2.39. The fourth-order valence-corrected chi connectivity index (χ4v) is 4.73. The Bertz CT molecular complexity index is 683. The molecular formula is C18H24N2O3. The van der Waals surface area contributed by atoms with E-state index in [1.54, 1.807) is 19.1 Å². The van der Waals surface area contributed by atoms with Gasteiger partial charge in [-0.1, -0.05) is 26.8 Å². The molecule has 1 amide bonds. The van der Waals surface area contributed by atoms with E-state index in [0.29, 0.717) is 17.0 Å². The standard InChI is InChI=1S/C18H24N2O3/c1-11-13(6-5-7-14(11)20(22)23)16(21)19-15-10-12-8-9-18(15,4)17(12,2)3/h5-7,12,15H,8-10H2,1-4H3,(H,19,21). The minimum Gasteiger partial charge on any atom is -0.349 e. The van der Waals surface area contributed by atoms with Gasteiger partial charge in [0.1, 0.15) is 0 Å². The van der Waals surface area contributed by atoms with E-state index in [0.717, 1.165) is 12.8 Å². The van der Waals surface area contributed by atoms with Crippen molar-refractivity contribution in [1.82, 2.24) is 5.32 Å². The molecule has 2 fully saturated rings. The summed E-state index contributed by atoms with van der Waals surface area (Å²) in [7, 11) is 0. The lowest BCUT2D eigenvalue weighted by molar-refractivity contribution is -0.385. The maximum Gasteiger partial charge on any atom is 0.273 e. The topological polar surface area (TPSA) is 72.2 Å². The molecule has 5 nitrogen and oxygen atoms in total. The van der Waals surface area contributed by atoms with Gasteiger partial charge in [0.15, 0.2) is 0 Å². The van der Waals surface area contributed by atoms with E-state index in [-0.39, 0.29) is 28.5 Å². The SMILES string of the molecule is Cc1c(C(=O)NC2CC3CCC2(C)C3(C)C)cccc1[N+](=O)[O-]. The van der Waals surface area contributed by atoms with Gasteiger partial charge in [-0.2, -0.15) is 0 Å². The van der Waals surface area contributed by atoms with Gasteiger partial charge in [-0.3, -0.25) is 14.9 Å². The largest absolute Gasteiger partial charge is 0.349 e. The first-order chi connectivity index (χ1) is 10.7. The van der Waals surface area contributed by atoms with Crippen molar-refractivity contribution in [3.8, 4) is 0 Å². The van der Waals surface area contributed by atoms with E-state index in [1.165, 1.54) is 12.5 Å². The van der Waals surface area contributed by atoms with Crippen LogP contribution in [0.3, 0.4) is 0 Å². The minimum atomic E-state index is -0.436. The van der Waals surface area contributed by atoms with Crippen molar-refractivity contribution in [1.29, 1.82) is 0 Å². The average Bonchev–Trinajstić information content (AvgIpc) is 2.80. The van der Waals surface area contributed by atoms with Gasteiger partial charge >= 0.3 is 0 Å². The zero-order valence-electron chi connectivity index (χ0n) is 14.2. The van der Waals surface area contributed by atoms with Crippen molar-refractivity contribution < 1.29 is 9.72 Å². The highest BCUT2D eigenvalue weighted by molar-refractivity contribution is 5.96. The molecule has 5 heteroatoms. The molecule has 23 heavy (non-hydrogen) atoms. The van der Waals surface area contributed by atoms with Gasteiger partial charge in [-0.15, -0.1) is 0 Å². The van der Waals surface area contributed by atoms with Crippen LogP contribution in [-0.2, 0) is 0 Å². The molecule has 3 rings (SSSR count). The van der Waals surface area contributed by atoms with E-state index >= 15 is 0 Å². The molecule has 0 aromatic heterocycles. The summed E-state index contributed by atoms with van der Waals surface area (Å²) in [6.07, 6.45) is 3.36. The molecule has 0 radical (unpaired) electrons. The van der Waals surface area contributed by atoms with Gasteiger partial charge in [0.05, 0.1) is 4.92 Å². The molecule has 1 aromatic rings. The normalized spacial score (nSPS) is 31.1. The second-order valence-electron chi connectivity index (χ2n) is 7.84. The molecule has 2 aliphatic carbocycles. The van der Waals surface area contributed by atoms with Crippen LogP contribution in [0.25, 0.3) is 0 Å². The smallest absolute Gasteiger partial charge is 0.273 e. The van der Waals surface area contributed by atoms with Gasteiger partial charge in [0.2, 0.25) is 0 Å². The number of amides is 1. The number of carbonyl (C=O) groups is 1. The summed E-state index contributed by atoms with van der Waals surface area (Å²) >= 11 is 0. The molecule has 0 spiro atoms. The molecule has 1 aromatic carbocycles. The number of nitro benzene ring substituents is 1. The molecule has 2 saturated carbocycles. The molecule has 3 unspecified atom stereocenters. The zero-order chi connectivity index (χ0) is 17.0. The fraction of sp³-hybridized carbons (Fsp3) is 0.611. The van der Waals surface area contributed by atoms with Crippen LogP contribution in [0.1, 0.15) is 56.0 Å². The highest BCUT2D eigenvalue weighted by Gasteiger charge is 2.61. The molecule has 0 saturated heterocycles. The van der Waals surface area contributed by atoms with Crippen molar-refractivity contribution in [2.45, 2.75) is 53.0 Å². The summed E-state index contributed by atoms with van der Waals surface area (Å²) in [5.74, 6) is 0.449. The fourth-order valence-electron chi connectivity index (χ4n) is 4.73. The van der Waals surface area contributed by atoms with E-state index in [1.807, 2.05) is 0 Å². The minimum absolute atomic E-state index is 0.00265. The van der Waals surface area contributed by atoms with Crippen LogP contribution in [0.5, 0.6) is 0 Å². The predicted octanol–water partition coefficient (Wildman–Crippen LogP) is 3.85. The Balaban J connectivity index is 1.84. The summed E-state index contributed by atoms with van der Waals surface area (Å²) in [4.78, 5) is 23.3. The first-order valence-electron chi connectivity index (χ1n) is 8.23. The van der Waals surface area contributed by atoms with Crippen molar-refractivity contribution in [2.75, 3.05) is 0 Å². The summed E-state index contributed by atoms with van der Waals surface area (Å²) < 4.78 is 0. The summed E-state index contributed by atoms with van der Waals surface area (Å²) in [5, 5.41) is 14.2. The molecule has 0 heterocycles. The van der Waals surface area contributed by atoms with Crippen LogP contribution in [0.2, 0.25) is 0 Å². The van der Waals surface area contributed by atoms with Crippen LogP contribution >= 0.6 is 0 Å². The number of carbonyl (C=O) groups excluding carboxylic acids is 1. The number of benzene rings is 1. The van der Waals surface area contributed by atoms with E-state index in [4.69, 9.17) is 0 Å². The van der Waals surface area contributed by atoms with E-state index in [2.05, 4.69) is 26.1 Å². The van der Waals surface area contributed by atoms with E-state index < -0.39 is 4.92 Å². The number of hydrogen-bond acceptors (Lipinski definition) is 3. The lowest BCUT2D eigenvalue weighted by atomic mass is 9.69. The molecule has 3 atom stereocenters. The second kappa shape index (κ2) is 5.05. The van der Waals surface area contributed by atoms with Crippen LogP contribution in [0.15, 0.2) is 18.2 Å². The number of nitro groups is 1. The Kier molecular flexibility index (Phi) is 3.50. The third-order valence-electron chi connectivity index (χ3n) is 6.85. The van der Waals surface area contributed by atoms with Crippen molar-refractivity contribution in [3.63, 3.8) is 0 Å². The number of nitrogens with zero attached hydrogens (tertiary/aromatic N) is 1. The molecule has 124 valence electrons. The second-order valence-corrected chi connectivity index (χ2v) is 7.84. The Morgan fingerprint density at radius 3 is 2.57 bits per heavy atom. The number of rotatable bonds is 3. The molecular weight excluding hydrogens is 292 g/mol. The molecule has 0 aliphatic heterocycles. The van der Waals surface area contributed by atoms with Crippen molar-refractivity contribution >= 4 is 11.6 Å². The highest BCUT2D eigenvalue weighted by atomic mass is 16.6. The van der Waals surface area contributed by atoms with Gasteiger partial charge < -0.3 is 5.32 Å². The van der Waals surface area contributed by atoms with Crippen LogP contribution in [0, 0.1) is 33.8 Å². The van der Waals surface area contributed by atoms with Gasteiger partial charge in [-0.05, 0) is 49.0 Å². The van der Waals surface area contributed by atoms with Gasteiger partial charge in [0.25, 0.3) is 11.6 Å². The Hall–Kier alpha value is -1.91. The van der Waals surface area contributed by atoms with Gasteiger partial charge in [-0.25, -0.2) is 0 Å². The van der Waals surface area contributed by atoms with Crippen LogP contribution < -0.4 is 5.32 Å². The monoisotopic (exact) mass is 316 g/mol. The zero-order valence-corrected chi connectivity index (χ0v) is 14.2. The Morgan fingerprint density at radius 1 is 1.35 bits per heavy atom. The number of hydrogen-bond donors (Lipinski definition) is 1. The molecule has 2 aliphatic rings. The maximum atomic E-state index is 12.7. The van der Waals surface area contributed by atoms with Crippen molar-refractivity contribution in [3.05, 3.63) is 39.4 Å². The Labute approximate surface area is 136 Å². The molecule has 1 N–H and O–H groups in total. The first kappa shape index (κ1) is 16.0. The summed E-state index contributed by atoms with van der Waals surface area (Å²) in [6, 6.07) is 4.82. The number of fused-ring (bicyclic) bond motifs is 2. The van der Waals surface area contributed by atoms with Crippen LogP contribution in [-0.4, -0.2) is 16.9 Å². The average molecular weight is 316 g/mol. The lowest BCUT2D eigenvalue weighted by Crippen LogP contribution is -2.47. The summed E-state index contributed by atoms with van der Waals surface area (Å²) in [5.41, 5.74) is 1.16.